The lowest BCUT2D eigenvalue weighted by molar-refractivity contribution is 0.124. The molecule has 0 bridgehead atoms. The summed E-state index contributed by atoms with van der Waals surface area (Å²) in [6.45, 7) is 8.08. The van der Waals surface area contributed by atoms with Crippen molar-refractivity contribution in [2.75, 3.05) is 13.2 Å². The number of hydrogen-bond acceptors (Lipinski definition) is 4. The molecule has 0 spiro atoms. The molecular formula is C15H30N4O. The fraction of sp³-hybridized carbons (Fsp3) is 0.800. The number of hydrogen-bond donors (Lipinski definition) is 2. The Bertz CT molecular complexity index is 349. The Morgan fingerprint density at radius 1 is 1.30 bits per heavy atom. The molecule has 0 amide bonds. The maximum absolute atomic E-state index is 5.61. The lowest BCUT2D eigenvalue weighted by Gasteiger charge is -2.15. The van der Waals surface area contributed by atoms with Crippen LogP contribution >= 0.6 is 0 Å². The van der Waals surface area contributed by atoms with Gasteiger partial charge in [-0.3, -0.25) is 16.0 Å². The lowest BCUT2D eigenvalue weighted by atomic mass is 10.1. The van der Waals surface area contributed by atoms with E-state index in [1.165, 1.54) is 0 Å². The van der Waals surface area contributed by atoms with Gasteiger partial charge in [-0.1, -0.05) is 20.8 Å². The van der Waals surface area contributed by atoms with Crippen molar-refractivity contribution in [3.05, 3.63) is 18.0 Å². The Morgan fingerprint density at radius 2 is 2.05 bits per heavy atom. The topological polar surface area (TPSA) is 65.1 Å². The zero-order chi connectivity index (χ0) is 14.8. The minimum absolute atomic E-state index is 0.219. The summed E-state index contributed by atoms with van der Waals surface area (Å²) in [6.07, 6.45) is 7.12. The highest BCUT2D eigenvalue weighted by atomic mass is 16.5. The van der Waals surface area contributed by atoms with E-state index in [0.29, 0.717) is 6.04 Å². The highest BCUT2D eigenvalue weighted by molar-refractivity contribution is 5.02. The fourth-order valence-corrected chi connectivity index (χ4v) is 2.32. The summed E-state index contributed by atoms with van der Waals surface area (Å²) in [5, 5.41) is 4.66. The molecule has 0 radical (unpaired) electrons. The third-order valence-electron chi connectivity index (χ3n) is 3.63. The number of ether oxygens (including phenoxy) is 1. The second-order valence-corrected chi connectivity index (χ2v) is 5.23. The minimum atomic E-state index is 0.219. The number of nitrogens with one attached hydrogen (secondary N) is 1. The van der Waals surface area contributed by atoms with Gasteiger partial charge in [-0.05, 0) is 31.7 Å². The van der Waals surface area contributed by atoms with Crippen molar-refractivity contribution < 1.29 is 4.74 Å². The third kappa shape index (κ3) is 5.61. The van der Waals surface area contributed by atoms with Gasteiger partial charge in [0.25, 0.3) is 0 Å². The zero-order valence-corrected chi connectivity index (χ0v) is 13.1. The molecule has 1 rings (SSSR count). The van der Waals surface area contributed by atoms with Crippen molar-refractivity contribution in [2.24, 2.45) is 5.84 Å². The molecule has 1 atom stereocenters. The van der Waals surface area contributed by atoms with Gasteiger partial charge in [0.2, 0.25) is 0 Å². The summed E-state index contributed by atoms with van der Waals surface area (Å²) in [5.74, 6) is 5.61. The summed E-state index contributed by atoms with van der Waals surface area (Å²) in [7, 11) is 0. The molecule has 1 heterocycles. The second kappa shape index (κ2) is 9.91. The molecular weight excluding hydrogens is 252 g/mol. The van der Waals surface area contributed by atoms with E-state index in [0.717, 1.165) is 51.0 Å². The highest BCUT2D eigenvalue weighted by Crippen LogP contribution is 2.15. The van der Waals surface area contributed by atoms with Crippen LogP contribution in [0.3, 0.4) is 0 Å². The van der Waals surface area contributed by atoms with Gasteiger partial charge >= 0.3 is 0 Å². The molecule has 20 heavy (non-hydrogen) atoms. The molecule has 0 aliphatic rings. The van der Waals surface area contributed by atoms with Crippen molar-refractivity contribution >= 4 is 0 Å². The summed E-state index contributed by atoms with van der Waals surface area (Å²) < 4.78 is 7.59. The largest absolute Gasteiger partial charge is 0.381 e. The first-order chi connectivity index (χ1) is 9.74. The summed E-state index contributed by atoms with van der Waals surface area (Å²) in [4.78, 5) is 0. The van der Waals surface area contributed by atoms with Crippen molar-refractivity contribution in [3.8, 4) is 0 Å². The van der Waals surface area contributed by atoms with Crippen LogP contribution in [-0.4, -0.2) is 29.0 Å². The minimum Gasteiger partial charge on any atom is -0.381 e. The van der Waals surface area contributed by atoms with Crippen LogP contribution in [0.25, 0.3) is 0 Å². The van der Waals surface area contributed by atoms with Crippen LogP contribution < -0.4 is 11.3 Å². The monoisotopic (exact) mass is 282 g/mol. The van der Waals surface area contributed by atoms with Gasteiger partial charge in [0.15, 0.2) is 0 Å². The van der Waals surface area contributed by atoms with Gasteiger partial charge in [0, 0.05) is 31.9 Å². The lowest BCUT2D eigenvalue weighted by Crippen LogP contribution is -2.37. The van der Waals surface area contributed by atoms with Gasteiger partial charge in [0.05, 0.1) is 11.7 Å². The molecule has 0 aromatic carbocycles. The van der Waals surface area contributed by atoms with Gasteiger partial charge < -0.3 is 4.74 Å². The van der Waals surface area contributed by atoms with Crippen LogP contribution in [0.4, 0.5) is 0 Å². The molecule has 0 fully saturated rings. The maximum Gasteiger partial charge on any atom is 0.0640 e. The van der Waals surface area contributed by atoms with Crippen molar-refractivity contribution in [1.82, 2.24) is 15.2 Å². The maximum atomic E-state index is 5.61. The van der Waals surface area contributed by atoms with E-state index in [1.54, 1.807) is 0 Å². The first-order valence-electron chi connectivity index (χ1n) is 7.82. The van der Waals surface area contributed by atoms with Crippen molar-refractivity contribution in [3.63, 3.8) is 0 Å². The normalized spacial score (nSPS) is 13.1. The van der Waals surface area contributed by atoms with Crippen LogP contribution in [0.1, 0.15) is 58.2 Å². The number of nitrogens with two attached hydrogens (primary N) is 1. The van der Waals surface area contributed by atoms with E-state index < -0.39 is 0 Å². The first-order valence-corrected chi connectivity index (χ1v) is 7.82. The quantitative estimate of drug-likeness (QED) is 0.372. The summed E-state index contributed by atoms with van der Waals surface area (Å²) in [6, 6.07) is 2.81. The number of hydrazine groups is 1. The molecule has 0 aliphatic heterocycles. The van der Waals surface area contributed by atoms with Gasteiger partial charge in [-0.25, -0.2) is 0 Å². The van der Waals surface area contributed by atoms with Crippen LogP contribution in [-0.2, 0) is 11.2 Å². The Morgan fingerprint density at radius 3 is 2.65 bits per heavy atom. The Kier molecular flexibility index (Phi) is 8.49. The van der Waals surface area contributed by atoms with E-state index >= 15 is 0 Å². The molecule has 0 aliphatic carbocycles. The predicted molar refractivity (Wildman–Crippen MR) is 82.4 cm³/mol. The zero-order valence-electron chi connectivity index (χ0n) is 13.1. The molecule has 1 aromatic heterocycles. The standard InChI is InChI=1S/C15H30N4O/c1-4-10-20-11-8-13(17-16)12-14-7-9-19(18-14)15(5-2)6-3/h7,9,13,15,17H,4-6,8,10-12,16H2,1-3H3. The fourth-order valence-electron chi connectivity index (χ4n) is 2.32. The number of aromatic nitrogens is 2. The van der Waals surface area contributed by atoms with E-state index in [2.05, 4.69) is 48.2 Å². The Balaban J connectivity index is 2.44. The van der Waals surface area contributed by atoms with Gasteiger partial charge in [0.1, 0.15) is 0 Å². The second-order valence-electron chi connectivity index (χ2n) is 5.23. The van der Waals surface area contributed by atoms with E-state index in [-0.39, 0.29) is 6.04 Å². The van der Waals surface area contributed by atoms with Crippen molar-refractivity contribution in [1.29, 1.82) is 0 Å². The SMILES string of the molecule is CCCOCCC(Cc1ccn(C(CC)CC)n1)NN. The molecule has 0 saturated carbocycles. The Hall–Kier alpha value is -0.910. The van der Waals surface area contributed by atoms with Gasteiger partial charge in [-0.2, -0.15) is 5.10 Å². The molecule has 1 unspecified atom stereocenters. The molecule has 1 aromatic rings. The summed E-state index contributed by atoms with van der Waals surface area (Å²) >= 11 is 0. The third-order valence-corrected chi connectivity index (χ3v) is 3.63. The highest BCUT2D eigenvalue weighted by Gasteiger charge is 2.12. The average Bonchev–Trinajstić information content (AvgIpc) is 2.92. The number of rotatable bonds is 11. The molecule has 3 N–H and O–H groups in total. The molecule has 5 nitrogen and oxygen atoms in total. The molecule has 116 valence electrons. The Labute approximate surface area is 122 Å². The van der Waals surface area contributed by atoms with E-state index in [4.69, 9.17) is 10.6 Å². The van der Waals surface area contributed by atoms with Crippen LogP contribution in [0.15, 0.2) is 12.3 Å². The summed E-state index contributed by atoms with van der Waals surface area (Å²) in [5.41, 5.74) is 3.96. The average molecular weight is 282 g/mol. The van der Waals surface area contributed by atoms with E-state index in [9.17, 15) is 0 Å². The predicted octanol–water partition coefficient (Wildman–Crippen LogP) is 2.44. The van der Waals surface area contributed by atoms with Crippen LogP contribution in [0, 0.1) is 0 Å². The van der Waals surface area contributed by atoms with E-state index in [1.807, 2.05) is 0 Å². The number of nitrogens with zero attached hydrogens (tertiary/aromatic N) is 2. The molecule has 0 saturated heterocycles. The van der Waals surface area contributed by atoms with Crippen molar-refractivity contribution in [2.45, 2.75) is 65.0 Å². The van der Waals surface area contributed by atoms with Gasteiger partial charge in [-0.15, -0.1) is 0 Å². The van der Waals surface area contributed by atoms with Crippen LogP contribution in [0.5, 0.6) is 0 Å². The smallest absolute Gasteiger partial charge is 0.0640 e. The first kappa shape index (κ1) is 17.1. The molecule has 5 heteroatoms. The van der Waals surface area contributed by atoms with Crippen LogP contribution in [0.2, 0.25) is 0 Å².